The number of nitrogens with zero attached hydrogens (tertiary/aromatic N) is 1. The summed E-state index contributed by atoms with van der Waals surface area (Å²) in [7, 11) is -4.39. The van der Waals surface area contributed by atoms with Crippen LogP contribution in [0.25, 0.3) is 0 Å². The molecule has 0 spiro atoms. The van der Waals surface area contributed by atoms with Gasteiger partial charge in [-0.25, -0.2) is 17.5 Å². The summed E-state index contributed by atoms with van der Waals surface area (Å²) in [5.74, 6) is -1.10. The number of nitrogens with two attached hydrogens (primary N) is 1. The van der Waals surface area contributed by atoms with Crippen molar-refractivity contribution in [3.63, 3.8) is 0 Å². The lowest BCUT2D eigenvalue weighted by atomic mass is 9.98. The van der Waals surface area contributed by atoms with E-state index in [4.69, 9.17) is 5.73 Å². The maximum Gasteiger partial charge on any atom is 0.292 e. The van der Waals surface area contributed by atoms with Crippen LogP contribution >= 0.6 is 12.4 Å². The summed E-state index contributed by atoms with van der Waals surface area (Å²) >= 11 is 0. The van der Waals surface area contributed by atoms with Gasteiger partial charge in [-0.15, -0.1) is 12.4 Å². The highest BCUT2D eigenvalue weighted by Crippen LogP contribution is 2.40. The van der Waals surface area contributed by atoms with Gasteiger partial charge in [-0.05, 0) is 31.7 Å². The molecule has 0 radical (unpaired) electrons. The number of benzene rings is 1. The van der Waals surface area contributed by atoms with Gasteiger partial charge in [0.25, 0.3) is 15.7 Å². The molecule has 22 heavy (non-hydrogen) atoms. The second kappa shape index (κ2) is 6.45. The molecule has 1 saturated carbocycles. The second-order valence-corrected chi connectivity index (χ2v) is 6.97. The van der Waals surface area contributed by atoms with E-state index in [9.17, 15) is 22.9 Å². The molecule has 0 bridgehead atoms. The van der Waals surface area contributed by atoms with Crippen LogP contribution in [-0.4, -0.2) is 25.4 Å². The molecule has 1 unspecified atom stereocenters. The van der Waals surface area contributed by atoms with Gasteiger partial charge in [0.05, 0.1) is 4.92 Å². The zero-order valence-electron chi connectivity index (χ0n) is 11.8. The number of hydrogen-bond acceptors (Lipinski definition) is 5. The zero-order chi connectivity index (χ0) is 15.8. The van der Waals surface area contributed by atoms with Gasteiger partial charge in [0.15, 0.2) is 4.90 Å². The molecule has 1 aliphatic carbocycles. The van der Waals surface area contributed by atoms with E-state index in [-0.39, 0.29) is 24.9 Å². The van der Waals surface area contributed by atoms with Crippen molar-refractivity contribution in [2.45, 2.75) is 30.2 Å². The molecule has 0 amide bonds. The maximum atomic E-state index is 13.8. The molecule has 7 nitrogen and oxygen atoms in total. The second-order valence-electron chi connectivity index (χ2n) is 5.35. The Kier molecular flexibility index (Phi) is 5.50. The topological polar surface area (TPSA) is 115 Å². The Balaban J connectivity index is 0.00000242. The predicted molar refractivity (Wildman–Crippen MR) is 80.8 cm³/mol. The molecule has 2 rings (SSSR count). The molecule has 1 aliphatic rings. The van der Waals surface area contributed by atoms with Crippen LogP contribution in [0.4, 0.5) is 10.1 Å². The molecule has 1 aromatic rings. The van der Waals surface area contributed by atoms with Crippen LogP contribution < -0.4 is 10.5 Å². The lowest BCUT2D eigenvalue weighted by Crippen LogP contribution is -2.53. The number of nitro benzene ring substituents is 1. The summed E-state index contributed by atoms with van der Waals surface area (Å²) in [6, 6.07) is 2.92. The fourth-order valence-electron chi connectivity index (χ4n) is 2.28. The van der Waals surface area contributed by atoms with Gasteiger partial charge in [-0.3, -0.25) is 10.1 Å². The number of nitro groups is 1. The van der Waals surface area contributed by atoms with E-state index in [2.05, 4.69) is 4.72 Å². The first-order valence-electron chi connectivity index (χ1n) is 6.38. The van der Waals surface area contributed by atoms with Crippen molar-refractivity contribution < 1.29 is 17.7 Å². The molecule has 0 saturated heterocycles. The van der Waals surface area contributed by atoms with Crippen LogP contribution in [0, 0.1) is 21.8 Å². The first kappa shape index (κ1) is 18.8. The van der Waals surface area contributed by atoms with Crippen molar-refractivity contribution in [2.24, 2.45) is 11.7 Å². The van der Waals surface area contributed by atoms with Gasteiger partial charge in [-0.2, -0.15) is 0 Å². The molecular weight excluding hydrogens is 337 g/mol. The highest BCUT2D eigenvalue weighted by atomic mass is 35.5. The summed E-state index contributed by atoms with van der Waals surface area (Å²) in [6.45, 7) is 1.65. The minimum absolute atomic E-state index is 0. The van der Waals surface area contributed by atoms with Crippen molar-refractivity contribution in [1.82, 2.24) is 4.72 Å². The number of rotatable bonds is 6. The van der Waals surface area contributed by atoms with Crippen molar-refractivity contribution in [1.29, 1.82) is 0 Å². The molecule has 1 fully saturated rings. The molecule has 1 atom stereocenters. The van der Waals surface area contributed by atoms with Crippen molar-refractivity contribution in [3.05, 3.63) is 34.1 Å². The van der Waals surface area contributed by atoms with Crippen LogP contribution in [0.5, 0.6) is 0 Å². The fraction of sp³-hybridized carbons (Fsp3) is 0.500. The smallest absolute Gasteiger partial charge is 0.292 e. The van der Waals surface area contributed by atoms with Gasteiger partial charge >= 0.3 is 0 Å². The lowest BCUT2D eigenvalue weighted by Gasteiger charge is -2.29. The van der Waals surface area contributed by atoms with E-state index in [1.807, 2.05) is 0 Å². The minimum atomic E-state index is -4.39. The SMILES string of the molecule is CC(CN)(NS(=O)(=O)c1c(F)cccc1[N+](=O)[O-])C1CC1.Cl. The van der Waals surface area contributed by atoms with E-state index in [1.165, 1.54) is 0 Å². The number of nitrogens with one attached hydrogen (secondary N) is 1. The summed E-state index contributed by atoms with van der Waals surface area (Å²) < 4.78 is 40.9. The van der Waals surface area contributed by atoms with Gasteiger partial charge in [-0.1, -0.05) is 6.07 Å². The van der Waals surface area contributed by atoms with Gasteiger partial charge in [0, 0.05) is 18.2 Å². The summed E-state index contributed by atoms with van der Waals surface area (Å²) in [5, 5.41) is 10.9. The highest BCUT2D eigenvalue weighted by Gasteiger charge is 2.45. The fourth-order valence-corrected chi connectivity index (χ4v) is 3.99. The van der Waals surface area contributed by atoms with E-state index >= 15 is 0 Å². The standard InChI is InChI=1S/C12H16FN3O4S.ClH/c1-12(7-14,8-5-6-8)15-21(19,20)11-9(13)3-2-4-10(11)16(17)18;/h2-4,8,15H,5-7,14H2,1H3;1H. The van der Waals surface area contributed by atoms with Crippen LogP contribution in [0.1, 0.15) is 19.8 Å². The summed E-state index contributed by atoms with van der Waals surface area (Å²) in [6.07, 6.45) is 1.63. The normalized spacial score (nSPS) is 17.4. The quantitative estimate of drug-likeness (QED) is 0.594. The molecule has 3 N–H and O–H groups in total. The average molecular weight is 354 g/mol. The predicted octanol–water partition coefficient (Wildman–Crippen LogP) is 1.56. The van der Waals surface area contributed by atoms with E-state index in [0.29, 0.717) is 0 Å². The van der Waals surface area contributed by atoms with Gasteiger partial charge < -0.3 is 5.73 Å². The zero-order valence-corrected chi connectivity index (χ0v) is 13.4. The van der Waals surface area contributed by atoms with E-state index < -0.39 is 36.9 Å². The molecule has 124 valence electrons. The third-order valence-corrected chi connectivity index (χ3v) is 5.36. The van der Waals surface area contributed by atoms with Crippen LogP contribution in [0.3, 0.4) is 0 Å². The average Bonchev–Trinajstić information content (AvgIpc) is 3.21. The Bertz CT molecular complexity index is 681. The molecule has 0 heterocycles. The van der Waals surface area contributed by atoms with E-state index in [0.717, 1.165) is 31.0 Å². The van der Waals surface area contributed by atoms with Crippen molar-refractivity contribution in [3.8, 4) is 0 Å². The van der Waals surface area contributed by atoms with Crippen molar-refractivity contribution in [2.75, 3.05) is 6.54 Å². The molecule has 0 aliphatic heterocycles. The van der Waals surface area contributed by atoms with Crippen LogP contribution in [0.2, 0.25) is 0 Å². The highest BCUT2D eigenvalue weighted by molar-refractivity contribution is 7.89. The van der Waals surface area contributed by atoms with Gasteiger partial charge in [0.2, 0.25) is 0 Å². The Hall–Kier alpha value is -1.29. The summed E-state index contributed by atoms with van der Waals surface area (Å²) in [4.78, 5) is 9.05. The van der Waals surface area contributed by atoms with Gasteiger partial charge in [0.1, 0.15) is 5.82 Å². The maximum absolute atomic E-state index is 13.8. The van der Waals surface area contributed by atoms with Crippen molar-refractivity contribution >= 4 is 28.1 Å². The molecular formula is C12H17ClFN3O4S. The third kappa shape index (κ3) is 3.54. The molecule has 0 aromatic heterocycles. The Labute approximate surface area is 133 Å². The van der Waals surface area contributed by atoms with Crippen LogP contribution in [-0.2, 0) is 10.0 Å². The monoisotopic (exact) mass is 353 g/mol. The van der Waals surface area contributed by atoms with Crippen LogP contribution in [0.15, 0.2) is 23.1 Å². The molecule has 1 aromatic carbocycles. The number of halogens is 2. The third-order valence-electron chi connectivity index (χ3n) is 3.68. The Morgan fingerprint density at radius 1 is 1.50 bits per heavy atom. The first-order chi connectivity index (χ1) is 9.71. The molecule has 10 heteroatoms. The Morgan fingerprint density at radius 3 is 2.55 bits per heavy atom. The lowest BCUT2D eigenvalue weighted by molar-refractivity contribution is -0.388. The van der Waals surface area contributed by atoms with E-state index in [1.54, 1.807) is 6.92 Å². The Morgan fingerprint density at radius 2 is 2.09 bits per heavy atom. The first-order valence-corrected chi connectivity index (χ1v) is 7.86. The number of hydrogen-bond donors (Lipinski definition) is 2. The summed E-state index contributed by atoms with van der Waals surface area (Å²) in [5.41, 5.74) is 3.89. The minimum Gasteiger partial charge on any atom is -0.329 e. The number of sulfonamides is 1. The largest absolute Gasteiger partial charge is 0.329 e.